The third-order valence-electron chi connectivity index (χ3n) is 1.48. The minimum atomic E-state index is -2.19. The number of aldehydes is 1. The Labute approximate surface area is 83.0 Å². The molecule has 0 heterocycles. The van der Waals surface area contributed by atoms with Gasteiger partial charge in [-0.15, -0.1) is 0 Å². The van der Waals surface area contributed by atoms with E-state index in [9.17, 15) is 13.6 Å². The van der Waals surface area contributed by atoms with E-state index in [1.807, 2.05) is 0 Å². The normalized spacial score (nSPS) is 12.5. The molecule has 70 valence electrons. The third kappa shape index (κ3) is 2.91. The molecule has 0 bridgehead atoms. The molecule has 1 aromatic carbocycles. The fourth-order valence-electron chi connectivity index (χ4n) is 0.906. The minimum Gasteiger partial charge on any atom is -0.772 e. The molecule has 1 aromatic rings. The molecule has 0 radical (unpaired) electrons. The van der Waals surface area contributed by atoms with Gasteiger partial charge < -0.3 is 4.55 Å². The summed E-state index contributed by atoms with van der Waals surface area (Å²) in [5.41, 5.74) is 0.865. The van der Waals surface area contributed by atoms with Crippen LogP contribution in [0.15, 0.2) is 18.2 Å². The number of benzene rings is 1. The Morgan fingerprint density at radius 2 is 2.23 bits per heavy atom. The Morgan fingerprint density at radius 1 is 1.54 bits per heavy atom. The molecule has 1 atom stereocenters. The smallest absolute Gasteiger partial charge is 0.150 e. The maximum absolute atomic E-state index is 10.4. The van der Waals surface area contributed by atoms with E-state index in [0.717, 1.165) is 0 Å². The molecule has 0 aliphatic heterocycles. The predicted octanol–water partition coefficient (Wildman–Crippen LogP) is 1.53. The van der Waals surface area contributed by atoms with Gasteiger partial charge in [-0.1, -0.05) is 28.7 Å². The maximum Gasteiger partial charge on any atom is 0.150 e. The average molecular weight is 218 g/mol. The molecule has 0 aliphatic carbocycles. The molecule has 3 nitrogen and oxygen atoms in total. The van der Waals surface area contributed by atoms with E-state index < -0.39 is 11.1 Å². The van der Waals surface area contributed by atoms with Gasteiger partial charge in [0.2, 0.25) is 0 Å². The van der Waals surface area contributed by atoms with Crippen molar-refractivity contribution < 1.29 is 13.6 Å². The topological polar surface area (TPSA) is 57.2 Å². The van der Waals surface area contributed by atoms with E-state index >= 15 is 0 Å². The van der Waals surface area contributed by atoms with Crippen LogP contribution in [0.2, 0.25) is 5.02 Å². The Balaban J connectivity index is 3.03. The quantitative estimate of drug-likeness (QED) is 0.570. The van der Waals surface area contributed by atoms with Gasteiger partial charge in [0.05, 0.1) is 0 Å². The summed E-state index contributed by atoms with van der Waals surface area (Å²) < 4.78 is 20.7. The highest BCUT2D eigenvalue weighted by Crippen LogP contribution is 2.18. The zero-order valence-electron chi connectivity index (χ0n) is 6.53. The van der Waals surface area contributed by atoms with Crippen molar-refractivity contribution in [3.8, 4) is 0 Å². The molecule has 1 rings (SSSR count). The fourth-order valence-corrected chi connectivity index (χ4v) is 1.66. The Bertz CT molecular complexity index is 351. The summed E-state index contributed by atoms with van der Waals surface area (Å²) in [6.45, 7) is 0. The molecule has 0 aliphatic rings. The summed E-state index contributed by atoms with van der Waals surface area (Å²) in [6.07, 6.45) is 0.646. The summed E-state index contributed by atoms with van der Waals surface area (Å²) in [7, 11) is 0. The Morgan fingerprint density at radius 3 is 2.77 bits per heavy atom. The fraction of sp³-hybridized carbons (Fsp3) is 0.125. The van der Waals surface area contributed by atoms with Crippen LogP contribution in [0.4, 0.5) is 0 Å². The number of halogens is 1. The predicted molar refractivity (Wildman–Crippen MR) is 49.5 cm³/mol. The zero-order valence-corrected chi connectivity index (χ0v) is 8.10. The highest BCUT2D eigenvalue weighted by Gasteiger charge is 2.01. The average Bonchev–Trinajstić information content (AvgIpc) is 2.08. The number of rotatable bonds is 3. The van der Waals surface area contributed by atoms with Crippen LogP contribution in [0, 0.1) is 0 Å². The van der Waals surface area contributed by atoms with Gasteiger partial charge in [-0.05, 0) is 17.7 Å². The van der Waals surface area contributed by atoms with Crippen molar-refractivity contribution in [2.24, 2.45) is 0 Å². The van der Waals surface area contributed by atoms with Crippen molar-refractivity contribution in [1.29, 1.82) is 0 Å². The third-order valence-corrected chi connectivity index (χ3v) is 2.39. The van der Waals surface area contributed by atoms with Crippen LogP contribution in [0.1, 0.15) is 15.9 Å². The second-order valence-corrected chi connectivity index (χ2v) is 3.72. The van der Waals surface area contributed by atoms with Gasteiger partial charge in [0.1, 0.15) is 6.29 Å². The number of hydrogen-bond donors (Lipinski definition) is 0. The molecular weight excluding hydrogens is 212 g/mol. The lowest BCUT2D eigenvalue weighted by Crippen LogP contribution is -1.95. The first kappa shape index (κ1) is 10.4. The highest BCUT2D eigenvalue weighted by molar-refractivity contribution is 7.78. The van der Waals surface area contributed by atoms with Crippen molar-refractivity contribution >= 4 is 29.0 Å². The molecule has 13 heavy (non-hydrogen) atoms. The standard InChI is InChI=1S/C8H7ClO3S/c9-8-2-1-6(4-10)3-7(8)5-13(11)12/h1-4H,5H2,(H,11,12)/p-1. The van der Waals surface area contributed by atoms with Crippen molar-refractivity contribution in [1.82, 2.24) is 0 Å². The monoisotopic (exact) mass is 217 g/mol. The first-order chi connectivity index (χ1) is 6.13. The molecule has 0 aromatic heterocycles. The zero-order chi connectivity index (χ0) is 9.84. The van der Waals surface area contributed by atoms with Crippen LogP contribution in [0.5, 0.6) is 0 Å². The van der Waals surface area contributed by atoms with Gasteiger partial charge >= 0.3 is 0 Å². The van der Waals surface area contributed by atoms with Crippen molar-refractivity contribution in [3.63, 3.8) is 0 Å². The summed E-state index contributed by atoms with van der Waals surface area (Å²) in [4.78, 5) is 10.4. The molecule has 0 N–H and O–H groups in total. The molecule has 5 heteroatoms. The molecule has 0 saturated carbocycles. The van der Waals surface area contributed by atoms with Gasteiger partial charge in [0.15, 0.2) is 0 Å². The highest BCUT2D eigenvalue weighted by atomic mass is 35.5. The lowest BCUT2D eigenvalue weighted by molar-refractivity contribution is 0.112. The molecule has 0 fully saturated rings. The molecule has 0 saturated heterocycles. The van der Waals surface area contributed by atoms with Gasteiger partial charge in [0, 0.05) is 16.3 Å². The van der Waals surface area contributed by atoms with E-state index in [4.69, 9.17) is 11.6 Å². The van der Waals surface area contributed by atoms with Crippen LogP contribution in [0.25, 0.3) is 0 Å². The molecule has 1 unspecified atom stereocenters. The van der Waals surface area contributed by atoms with Crippen LogP contribution in [-0.2, 0) is 16.8 Å². The number of hydrogen-bond acceptors (Lipinski definition) is 3. The van der Waals surface area contributed by atoms with E-state index in [1.165, 1.54) is 18.2 Å². The summed E-state index contributed by atoms with van der Waals surface area (Å²) in [5.74, 6) is -0.166. The van der Waals surface area contributed by atoms with Gasteiger partial charge in [-0.2, -0.15) is 0 Å². The lowest BCUT2D eigenvalue weighted by atomic mass is 10.1. The lowest BCUT2D eigenvalue weighted by Gasteiger charge is -2.07. The first-order valence-electron chi connectivity index (χ1n) is 3.43. The summed E-state index contributed by atoms with van der Waals surface area (Å²) >= 11 is 3.52. The first-order valence-corrected chi connectivity index (χ1v) is 5.05. The van der Waals surface area contributed by atoms with E-state index in [1.54, 1.807) is 0 Å². The van der Waals surface area contributed by atoms with E-state index in [-0.39, 0.29) is 5.75 Å². The maximum atomic E-state index is 10.4. The van der Waals surface area contributed by atoms with Crippen LogP contribution >= 0.6 is 11.6 Å². The molecule has 0 amide bonds. The largest absolute Gasteiger partial charge is 0.772 e. The van der Waals surface area contributed by atoms with Crippen molar-refractivity contribution in [3.05, 3.63) is 34.3 Å². The van der Waals surface area contributed by atoms with E-state index in [2.05, 4.69) is 0 Å². The van der Waals surface area contributed by atoms with Crippen molar-refractivity contribution in [2.45, 2.75) is 5.75 Å². The van der Waals surface area contributed by atoms with Gasteiger partial charge in [0.25, 0.3) is 0 Å². The van der Waals surface area contributed by atoms with Crippen molar-refractivity contribution in [2.75, 3.05) is 0 Å². The number of carbonyl (C=O) groups is 1. The van der Waals surface area contributed by atoms with Crippen LogP contribution in [-0.4, -0.2) is 15.0 Å². The SMILES string of the molecule is O=Cc1ccc(Cl)c(CS(=O)[O-])c1. The molecule has 0 spiro atoms. The van der Waals surface area contributed by atoms with Gasteiger partial charge in [-0.3, -0.25) is 9.00 Å². The van der Waals surface area contributed by atoms with Crippen LogP contribution in [0.3, 0.4) is 0 Å². The minimum absolute atomic E-state index is 0.166. The summed E-state index contributed by atoms with van der Waals surface area (Å²) in [5, 5.41) is 0.356. The summed E-state index contributed by atoms with van der Waals surface area (Å²) in [6, 6.07) is 4.51. The number of carbonyl (C=O) groups excluding carboxylic acids is 1. The Kier molecular flexibility index (Phi) is 3.59. The Hall–Kier alpha value is -0.710. The van der Waals surface area contributed by atoms with Gasteiger partial charge in [-0.25, -0.2) is 0 Å². The van der Waals surface area contributed by atoms with Crippen LogP contribution < -0.4 is 0 Å². The molecular formula is C8H6ClO3S-. The second kappa shape index (κ2) is 4.50. The second-order valence-electron chi connectivity index (χ2n) is 2.42. The van der Waals surface area contributed by atoms with E-state index in [0.29, 0.717) is 22.4 Å².